The van der Waals surface area contributed by atoms with Crippen LogP contribution in [0.3, 0.4) is 0 Å². The van der Waals surface area contributed by atoms with Crippen molar-refractivity contribution in [3.8, 4) is 0 Å². The van der Waals surface area contributed by atoms with Crippen LogP contribution in [0.5, 0.6) is 0 Å². The third kappa shape index (κ3) is 3.74. The lowest BCUT2D eigenvalue weighted by atomic mass is 10.2. The van der Waals surface area contributed by atoms with E-state index in [1.54, 1.807) is 0 Å². The highest BCUT2D eigenvalue weighted by Crippen LogP contribution is 2.27. The summed E-state index contributed by atoms with van der Waals surface area (Å²) in [5, 5.41) is 0. The molecule has 1 atom stereocenters. The van der Waals surface area contributed by atoms with E-state index in [4.69, 9.17) is 5.73 Å². The monoisotopic (exact) mass is 211 g/mol. The smallest absolute Gasteiger partial charge is 0.0113 e. The minimum absolute atomic E-state index is 0.373. The highest BCUT2D eigenvalue weighted by atomic mass is 15.3. The summed E-state index contributed by atoms with van der Waals surface area (Å²) in [6.45, 7) is 8.49. The average molecular weight is 211 g/mol. The van der Waals surface area contributed by atoms with Crippen molar-refractivity contribution < 1.29 is 0 Å². The van der Waals surface area contributed by atoms with Gasteiger partial charge in [0.05, 0.1) is 0 Å². The van der Waals surface area contributed by atoms with E-state index in [1.807, 2.05) is 0 Å². The van der Waals surface area contributed by atoms with Gasteiger partial charge in [-0.3, -0.25) is 4.90 Å². The molecule has 3 nitrogen and oxygen atoms in total. The Kier molecular flexibility index (Phi) is 4.00. The maximum absolute atomic E-state index is 5.75. The summed E-state index contributed by atoms with van der Waals surface area (Å²) < 4.78 is 0. The highest BCUT2D eigenvalue weighted by Gasteiger charge is 2.30. The van der Waals surface area contributed by atoms with Crippen LogP contribution in [0.15, 0.2) is 0 Å². The fourth-order valence-corrected chi connectivity index (χ4v) is 2.43. The van der Waals surface area contributed by atoms with Crippen molar-refractivity contribution in [2.75, 3.05) is 32.7 Å². The minimum Gasteiger partial charge on any atom is -0.328 e. The summed E-state index contributed by atoms with van der Waals surface area (Å²) in [4.78, 5) is 5.27. The van der Waals surface area contributed by atoms with Gasteiger partial charge in [0.25, 0.3) is 0 Å². The Bertz CT molecular complexity index is 179. The van der Waals surface area contributed by atoms with Crippen LogP contribution >= 0.6 is 0 Å². The summed E-state index contributed by atoms with van der Waals surface area (Å²) in [6.07, 6.45) is 5.33. The van der Waals surface area contributed by atoms with Crippen molar-refractivity contribution in [1.29, 1.82) is 0 Å². The maximum atomic E-state index is 5.75. The van der Waals surface area contributed by atoms with Gasteiger partial charge in [-0.15, -0.1) is 0 Å². The molecule has 0 aromatic carbocycles. The molecule has 88 valence electrons. The number of rotatable bonds is 5. The van der Waals surface area contributed by atoms with E-state index in [2.05, 4.69) is 16.7 Å². The standard InChI is InChI=1S/C12H25N3/c1-11(13)3-2-6-14-7-9-15(10-8-14)12-4-5-12/h11-12H,2-10,13H2,1H3. The van der Waals surface area contributed by atoms with Gasteiger partial charge in [-0.05, 0) is 39.2 Å². The molecule has 15 heavy (non-hydrogen) atoms. The van der Waals surface area contributed by atoms with Crippen molar-refractivity contribution >= 4 is 0 Å². The molecule has 0 bridgehead atoms. The highest BCUT2D eigenvalue weighted by molar-refractivity contribution is 4.87. The molecule has 1 saturated carbocycles. The molecule has 2 aliphatic rings. The first-order valence-electron chi connectivity index (χ1n) is 6.47. The summed E-state index contributed by atoms with van der Waals surface area (Å²) in [5.74, 6) is 0. The van der Waals surface area contributed by atoms with Crippen LogP contribution < -0.4 is 5.73 Å². The molecule has 0 spiro atoms. The Morgan fingerprint density at radius 3 is 2.40 bits per heavy atom. The van der Waals surface area contributed by atoms with E-state index < -0.39 is 0 Å². The number of hydrogen-bond donors (Lipinski definition) is 1. The van der Waals surface area contributed by atoms with Crippen LogP contribution in [0.25, 0.3) is 0 Å². The lowest BCUT2D eigenvalue weighted by Gasteiger charge is -2.34. The van der Waals surface area contributed by atoms with Crippen molar-refractivity contribution in [1.82, 2.24) is 9.80 Å². The summed E-state index contributed by atoms with van der Waals surface area (Å²) in [6, 6.07) is 1.33. The van der Waals surface area contributed by atoms with Crippen molar-refractivity contribution in [2.45, 2.75) is 44.7 Å². The molecule has 1 unspecified atom stereocenters. The van der Waals surface area contributed by atoms with Gasteiger partial charge in [-0.1, -0.05) is 0 Å². The molecule has 2 N–H and O–H groups in total. The van der Waals surface area contributed by atoms with Gasteiger partial charge in [0.15, 0.2) is 0 Å². The molecule has 0 radical (unpaired) electrons. The maximum Gasteiger partial charge on any atom is 0.0113 e. The van der Waals surface area contributed by atoms with Gasteiger partial charge < -0.3 is 10.6 Å². The van der Waals surface area contributed by atoms with Gasteiger partial charge in [0, 0.05) is 38.3 Å². The third-order valence-electron chi connectivity index (χ3n) is 3.60. The molecule has 1 heterocycles. The predicted molar refractivity (Wildman–Crippen MR) is 63.9 cm³/mol. The van der Waals surface area contributed by atoms with E-state index in [0.717, 1.165) is 6.04 Å². The first-order chi connectivity index (χ1) is 7.25. The van der Waals surface area contributed by atoms with Gasteiger partial charge >= 0.3 is 0 Å². The largest absolute Gasteiger partial charge is 0.328 e. The first-order valence-corrected chi connectivity index (χ1v) is 6.47. The van der Waals surface area contributed by atoms with Crippen molar-refractivity contribution in [3.63, 3.8) is 0 Å². The third-order valence-corrected chi connectivity index (χ3v) is 3.60. The van der Waals surface area contributed by atoms with E-state index >= 15 is 0 Å². The molecule has 1 saturated heterocycles. The van der Waals surface area contributed by atoms with Crippen molar-refractivity contribution in [3.05, 3.63) is 0 Å². The lowest BCUT2D eigenvalue weighted by Crippen LogP contribution is -2.47. The molecule has 1 aliphatic carbocycles. The van der Waals surface area contributed by atoms with Gasteiger partial charge in [-0.2, -0.15) is 0 Å². The Balaban J connectivity index is 1.56. The fraction of sp³-hybridized carbons (Fsp3) is 1.00. The van der Waals surface area contributed by atoms with Crippen LogP contribution in [-0.4, -0.2) is 54.6 Å². The SMILES string of the molecule is CC(N)CCCN1CCN(C2CC2)CC1. The molecule has 2 rings (SSSR count). The van der Waals surface area contributed by atoms with Crippen molar-refractivity contribution in [2.24, 2.45) is 5.73 Å². The number of hydrogen-bond acceptors (Lipinski definition) is 3. The average Bonchev–Trinajstić information content (AvgIpc) is 3.02. The van der Waals surface area contributed by atoms with Crippen LogP contribution in [0.4, 0.5) is 0 Å². The molecule has 0 aromatic heterocycles. The fourth-order valence-electron chi connectivity index (χ4n) is 2.43. The molecule has 1 aliphatic heterocycles. The second-order valence-corrected chi connectivity index (χ2v) is 5.23. The molecular formula is C12H25N3. The van der Waals surface area contributed by atoms with Gasteiger partial charge in [0.2, 0.25) is 0 Å². The lowest BCUT2D eigenvalue weighted by molar-refractivity contribution is 0.125. The molecule has 2 fully saturated rings. The molecule has 0 aromatic rings. The van der Waals surface area contributed by atoms with E-state index in [1.165, 1.54) is 58.4 Å². The van der Waals surface area contributed by atoms with Gasteiger partial charge in [0.1, 0.15) is 0 Å². The van der Waals surface area contributed by atoms with E-state index in [9.17, 15) is 0 Å². The quantitative estimate of drug-likeness (QED) is 0.733. The Labute approximate surface area is 93.6 Å². The zero-order valence-electron chi connectivity index (χ0n) is 9.99. The van der Waals surface area contributed by atoms with Crippen LogP contribution in [0, 0.1) is 0 Å². The summed E-state index contributed by atoms with van der Waals surface area (Å²) >= 11 is 0. The van der Waals surface area contributed by atoms with Crippen LogP contribution in [0.2, 0.25) is 0 Å². The predicted octanol–water partition coefficient (Wildman–Crippen LogP) is 0.894. The minimum atomic E-state index is 0.373. The second kappa shape index (κ2) is 5.28. The topological polar surface area (TPSA) is 32.5 Å². The van der Waals surface area contributed by atoms with Crippen LogP contribution in [-0.2, 0) is 0 Å². The Hall–Kier alpha value is -0.120. The van der Waals surface area contributed by atoms with E-state index in [-0.39, 0.29) is 0 Å². The van der Waals surface area contributed by atoms with Gasteiger partial charge in [-0.25, -0.2) is 0 Å². The molecular weight excluding hydrogens is 186 g/mol. The Morgan fingerprint density at radius 1 is 1.20 bits per heavy atom. The summed E-state index contributed by atoms with van der Waals surface area (Å²) in [7, 11) is 0. The van der Waals surface area contributed by atoms with E-state index in [0.29, 0.717) is 6.04 Å². The first kappa shape index (κ1) is 11.4. The summed E-state index contributed by atoms with van der Waals surface area (Å²) in [5.41, 5.74) is 5.75. The van der Waals surface area contributed by atoms with Crippen LogP contribution in [0.1, 0.15) is 32.6 Å². The number of nitrogens with zero attached hydrogens (tertiary/aromatic N) is 2. The number of piperazine rings is 1. The Morgan fingerprint density at radius 2 is 1.87 bits per heavy atom. The molecule has 0 amide bonds. The zero-order valence-corrected chi connectivity index (χ0v) is 9.99. The number of nitrogens with two attached hydrogens (primary N) is 1. The normalized spacial score (nSPS) is 26.8. The zero-order chi connectivity index (χ0) is 10.7. The molecule has 3 heteroatoms. The second-order valence-electron chi connectivity index (χ2n) is 5.23.